The summed E-state index contributed by atoms with van der Waals surface area (Å²) in [6, 6.07) is 19.1. The molecule has 26 heavy (non-hydrogen) atoms. The zero-order chi connectivity index (χ0) is 18.5. The Morgan fingerprint density at radius 2 is 1.15 bits per heavy atom. The molecule has 0 spiro atoms. The van der Waals surface area contributed by atoms with Crippen LogP contribution >= 0.6 is 0 Å². The minimum absolute atomic E-state index is 0.324. The number of nitrogens with two attached hydrogens (primary N) is 2. The molecule has 6 nitrogen and oxygen atoms in total. The van der Waals surface area contributed by atoms with Crippen molar-refractivity contribution in [3.05, 3.63) is 83.9 Å². The molecule has 3 aromatic carbocycles. The van der Waals surface area contributed by atoms with Crippen LogP contribution in [0.25, 0.3) is 0 Å². The van der Waals surface area contributed by atoms with Gasteiger partial charge in [0.25, 0.3) is 0 Å². The average molecular weight is 348 g/mol. The van der Waals surface area contributed by atoms with Gasteiger partial charge in [0.2, 0.25) is 0 Å². The normalized spacial score (nSPS) is 10.2. The number of ether oxygens (including phenoxy) is 2. The SMILES string of the molecule is Nc1ccc(C(=O)Oc2ccc(OC(=O)c3cccc(N)c3)cc2)cc1. The number of hydrogen-bond acceptors (Lipinski definition) is 6. The van der Waals surface area contributed by atoms with E-state index in [1.54, 1.807) is 42.5 Å². The van der Waals surface area contributed by atoms with Gasteiger partial charge in [0.05, 0.1) is 11.1 Å². The molecule has 6 heteroatoms. The van der Waals surface area contributed by atoms with E-state index in [1.807, 2.05) is 0 Å². The first-order valence-corrected chi connectivity index (χ1v) is 7.77. The van der Waals surface area contributed by atoms with Gasteiger partial charge in [-0.3, -0.25) is 0 Å². The van der Waals surface area contributed by atoms with Crippen molar-refractivity contribution in [3.63, 3.8) is 0 Å². The second-order valence-corrected chi connectivity index (χ2v) is 5.50. The number of carbonyl (C=O) groups excluding carboxylic acids is 2. The van der Waals surface area contributed by atoms with E-state index in [-0.39, 0.29) is 0 Å². The topological polar surface area (TPSA) is 105 Å². The summed E-state index contributed by atoms with van der Waals surface area (Å²) in [5.74, 6) is -0.376. The summed E-state index contributed by atoms with van der Waals surface area (Å²) in [6.45, 7) is 0. The van der Waals surface area contributed by atoms with E-state index in [2.05, 4.69) is 0 Å². The summed E-state index contributed by atoms with van der Waals surface area (Å²) in [7, 11) is 0. The van der Waals surface area contributed by atoms with Gasteiger partial charge in [-0.2, -0.15) is 0 Å². The van der Waals surface area contributed by atoms with E-state index in [9.17, 15) is 9.59 Å². The van der Waals surface area contributed by atoms with Gasteiger partial charge in [-0.15, -0.1) is 0 Å². The zero-order valence-electron chi connectivity index (χ0n) is 13.7. The molecule has 0 atom stereocenters. The maximum atomic E-state index is 12.1. The highest BCUT2D eigenvalue weighted by Gasteiger charge is 2.11. The molecule has 0 aliphatic heterocycles. The summed E-state index contributed by atoms with van der Waals surface area (Å²) in [4.78, 5) is 24.1. The summed E-state index contributed by atoms with van der Waals surface area (Å²) in [6.07, 6.45) is 0. The first kappa shape index (κ1) is 17.0. The van der Waals surface area contributed by atoms with Gasteiger partial charge < -0.3 is 20.9 Å². The zero-order valence-corrected chi connectivity index (χ0v) is 13.7. The Kier molecular flexibility index (Phi) is 4.85. The van der Waals surface area contributed by atoms with Gasteiger partial charge in [-0.1, -0.05) is 6.07 Å². The van der Waals surface area contributed by atoms with Crippen molar-refractivity contribution >= 4 is 23.3 Å². The second-order valence-electron chi connectivity index (χ2n) is 5.50. The summed E-state index contributed by atoms with van der Waals surface area (Å²) < 4.78 is 10.5. The predicted octanol–water partition coefficient (Wildman–Crippen LogP) is 3.29. The molecule has 3 rings (SSSR count). The van der Waals surface area contributed by atoms with Crippen LogP contribution in [0.4, 0.5) is 11.4 Å². The third-order valence-corrected chi connectivity index (χ3v) is 3.51. The molecule has 0 amide bonds. The van der Waals surface area contributed by atoms with Crippen LogP contribution in [0.3, 0.4) is 0 Å². The first-order chi connectivity index (χ1) is 12.5. The van der Waals surface area contributed by atoms with E-state index in [0.717, 1.165) is 0 Å². The smallest absolute Gasteiger partial charge is 0.343 e. The first-order valence-electron chi connectivity index (χ1n) is 7.77. The van der Waals surface area contributed by atoms with Gasteiger partial charge in [-0.25, -0.2) is 9.59 Å². The fourth-order valence-corrected chi connectivity index (χ4v) is 2.19. The second kappa shape index (κ2) is 7.40. The Morgan fingerprint density at radius 3 is 1.69 bits per heavy atom. The van der Waals surface area contributed by atoms with Crippen molar-refractivity contribution < 1.29 is 19.1 Å². The van der Waals surface area contributed by atoms with E-state index in [0.29, 0.717) is 34.0 Å². The maximum Gasteiger partial charge on any atom is 0.343 e. The van der Waals surface area contributed by atoms with Crippen molar-refractivity contribution in [1.82, 2.24) is 0 Å². The molecule has 0 saturated heterocycles. The lowest BCUT2D eigenvalue weighted by Crippen LogP contribution is -2.10. The Labute approximate surface area is 150 Å². The van der Waals surface area contributed by atoms with Crippen LogP contribution in [0, 0.1) is 0 Å². The number of anilines is 2. The highest BCUT2D eigenvalue weighted by molar-refractivity contribution is 5.92. The lowest BCUT2D eigenvalue weighted by molar-refractivity contribution is 0.0719. The number of esters is 2. The van der Waals surface area contributed by atoms with Gasteiger partial charge in [-0.05, 0) is 66.7 Å². The van der Waals surface area contributed by atoms with Crippen molar-refractivity contribution in [1.29, 1.82) is 0 Å². The van der Waals surface area contributed by atoms with Crippen LogP contribution in [0.1, 0.15) is 20.7 Å². The number of benzene rings is 3. The molecule has 130 valence electrons. The molecular formula is C20H16N2O4. The Hall–Kier alpha value is -3.80. The fraction of sp³-hybridized carbons (Fsp3) is 0. The van der Waals surface area contributed by atoms with E-state index >= 15 is 0 Å². The van der Waals surface area contributed by atoms with Crippen LogP contribution < -0.4 is 20.9 Å². The summed E-state index contributed by atoms with van der Waals surface area (Å²) in [5.41, 5.74) is 13.0. The molecule has 0 unspecified atom stereocenters. The molecule has 0 fully saturated rings. The number of carbonyl (C=O) groups is 2. The third kappa shape index (κ3) is 4.18. The van der Waals surface area contributed by atoms with Crippen LogP contribution in [0.5, 0.6) is 11.5 Å². The predicted molar refractivity (Wildman–Crippen MR) is 98.1 cm³/mol. The minimum atomic E-state index is -0.524. The Morgan fingerprint density at radius 1 is 0.615 bits per heavy atom. The van der Waals surface area contributed by atoms with Gasteiger partial charge in [0.1, 0.15) is 11.5 Å². The average Bonchev–Trinajstić information content (AvgIpc) is 2.64. The van der Waals surface area contributed by atoms with E-state index in [4.69, 9.17) is 20.9 Å². The van der Waals surface area contributed by atoms with Gasteiger partial charge >= 0.3 is 11.9 Å². The van der Waals surface area contributed by atoms with E-state index < -0.39 is 11.9 Å². The molecule has 0 saturated carbocycles. The monoisotopic (exact) mass is 348 g/mol. The molecule has 0 radical (unpaired) electrons. The standard InChI is InChI=1S/C20H16N2O4/c21-15-6-4-13(5-7-15)19(23)25-17-8-10-18(11-9-17)26-20(24)14-2-1-3-16(22)12-14/h1-12H,21-22H2. The number of hydrogen-bond donors (Lipinski definition) is 2. The molecular weight excluding hydrogens is 332 g/mol. The largest absolute Gasteiger partial charge is 0.423 e. The van der Waals surface area contributed by atoms with Crippen LogP contribution in [0.15, 0.2) is 72.8 Å². The van der Waals surface area contributed by atoms with Crippen molar-refractivity contribution in [2.45, 2.75) is 0 Å². The minimum Gasteiger partial charge on any atom is -0.423 e. The van der Waals surface area contributed by atoms with Crippen LogP contribution in [-0.4, -0.2) is 11.9 Å². The Balaban J connectivity index is 1.64. The fourth-order valence-electron chi connectivity index (χ4n) is 2.19. The summed E-state index contributed by atoms with van der Waals surface area (Å²) >= 11 is 0. The summed E-state index contributed by atoms with van der Waals surface area (Å²) in [5, 5.41) is 0. The lowest BCUT2D eigenvalue weighted by atomic mass is 10.2. The van der Waals surface area contributed by atoms with E-state index in [1.165, 1.54) is 30.3 Å². The molecule has 0 heterocycles. The maximum absolute atomic E-state index is 12.1. The van der Waals surface area contributed by atoms with Crippen LogP contribution in [-0.2, 0) is 0 Å². The lowest BCUT2D eigenvalue weighted by Gasteiger charge is -2.07. The van der Waals surface area contributed by atoms with Gasteiger partial charge in [0, 0.05) is 11.4 Å². The third-order valence-electron chi connectivity index (χ3n) is 3.51. The highest BCUT2D eigenvalue weighted by Crippen LogP contribution is 2.20. The van der Waals surface area contributed by atoms with Crippen molar-refractivity contribution in [2.24, 2.45) is 0 Å². The number of rotatable bonds is 4. The molecule has 4 N–H and O–H groups in total. The molecule has 3 aromatic rings. The molecule has 0 bridgehead atoms. The molecule has 0 aliphatic rings. The molecule has 0 aromatic heterocycles. The Bertz CT molecular complexity index is 935. The van der Waals surface area contributed by atoms with Crippen LogP contribution in [0.2, 0.25) is 0 Å². The van der Waals surface area contributed by atoms with Gasteiger partial charge in [0.15, 0.2) is 0 Å². The highest BCUT2D eigenvalue weighted by atomic mass is 16.5. The van der Waals surface area contributed by atoms with Crippen molar-refractivity contribution in [3.8, 4) is 11.5 Å². The molecule has 0 aliphatic carbocycles. The quantitative estimate of drug-likeness (QED) is 0.426. The number of nitrogen functional groups attached to an aromatic ring is 2. The van der Waals surface area contributed by atoms with Crippen molar-refractivity contribution in [2.75, 3.05) is 11.5 Å².